The van der Waals surface area contributed by atoms with Crippen LogP contribution >= 0.6 is 20.9 Å². The second kappa shape index (κ2) is 4.69. The Balaban J connectivity index is 0.000000845. The van der Waals surface area contributed by atoms with Crippen molar-refractivity contribution in [2.24, 2.45) is 0 Å². The Morgan fingerprint density at radius 3 is 3.08 bits per heavy atom. The van der Waals surface area contributed by atoms with Gasteiger partial charge in [-0.15, -0.1) is 0 Å². The second-order valence-corrected chi connectivity index (χ2v) is 4.20. The molecular formula is C8H8ClNOS2. The topological polar surface area (TPSA) is 24.2 Å². The Morgan fingerprint density at radius 1 is 1.46 bits per heavy atom. The summed E-state index contributed by atoms with van der Waals surface area (Å²) in [5.74, 6) is 0. The highest BCUT2D eigenvalue weighted by molar-refractivity contribution is 7.68. The van der Waals surface area contributed by atoms with E-state index in [0.717, 1.165) is 11.1 Å². The molecule has 0 unspecified atom stereocenters. The molecule has 2 aliphatic rings. The standard InChI is InChI=1S/C8H8NOS2.ClH/c1-2-10-6-3-4-7-8(5-6)11-12-9-7;/h3-5H,2H2,1H3;1H/q+1;/p-1. The first-order valence-corrected chi connectivity index (χ1v) is 5.82. The third kappa shape index (κ3) is 2.27. The minimum absolute atomic E-state index is 0. The van der Waals surface area contributed by atoms with Gasteiger partial charge in [-0.2, -0.15) is 4.37 Å². The van der Waals surface area contributed by atoms with Crippen molar-refractivity contribution in [2.75, 3.05) is 6.61 Å². The summed E-state index contributed by atoms with van der Waals surface area (Å²) in [6.45, 7) is 2.70. The highest BCUT2D eigenvalue weighted by Gasteiger charge is 2.07. The summed E-state index contributed by atoms with van der Waals surface area (Å²) in [5.41, 5.74) is 2.00. The van der Waals surface area contributed by atoms with Crippen molar-refractivity contribution < 1.29 is 12.4 Å². The van der Waals surface area contributed by atoms with Gasteiger partial charge in [0.25, 0.3) is 6.61 Å². The summed E-state index contributed by atoms with van der Waals surface area (Å²) < 4.78 is 9.59. The van der Waals surface area contributed by atoms with E-state index in [1.807, 2.05) is 25.1 Å². The number of fused-ring (bicyclic) bond motifs is 1. The molecule has 0 atom stereocenters. The molecule has 5 heteroatoms. The molecule has 0 fully saturated rings. The number of halogens is 1. The lowest BCUT2D eigenvalue weighted by atomic mass is 10.2. The maximum Gasteiger partial charge on any atom is 0.345 e. The third-order valence-electron chi connectivity index (χ3n) is 1.50. The summed E-state index contributed by atoms with van der Waals surface area (Å²) in [7, 11) is 3.19. The molecule has 2 rings (SSSR count). The van der Waals surface area contributed by atoms with Crippen LogP contribution in [0.4, 0.5) is 0 Å². The van der Waals surface area contributed by atoms with E-state index in [1.54, 1.807) is 10.3 Å². The van der Waals surface area contributed by atoms with Crippen molar-refractivity contribution in [1.82, 2.24) is 4.37 Å². The molecule has 2 nitrogen and oxygen atoms in total. The quantitative estimate of drug-likeness (QED) is 0.469. The summed E-state index contributed by atoms with van der Waals surface area (Å²) in [6, 6.07) is 5.98. The molecule has 0 amide bonds. The summed E-state index contributed by atoms with van der Waals surface area (Å²) in [5, 5.41) is 0. The van der Waals surface area contributed by atoms with Gasteiger partial charge in [0.15, 0.2) is 0 Å². The van der Waals surface area contributed by atoms with Gasteiger partial charge in [0.05, 0.1) is 16.6 Å². The van der Waals surface area contributed by atoms with E-state index in [1.165, 1.54) is 15.4 Å². The first kappa shape index (κ1) is 10.6. The number of rotatable bonds is 1. The van der Waals surface area contributed by atoms with Crippen LogP contribution < -0.4 is 17.8 Å². The van der Waals surface area contributed by atoms with Gasteiger partial charge in [0.2, 0.25) is 0 Å². The average molecular weight is 234 g/mol. The van der Waals surface area contributed by atoms with E-state index in [0.29, 0.717) is 6.61 Å². The minimum atomic E-state index is 0. The lowest BCUT2D eigenvalue weighted by molar-refractivity contribution is -0.00000238. The zero-order valence-electron chi connectivity index (χ0n) is 6.99. The summed E-state index contributed by atoms with van der Waals surface area (Å²) in [4.78, 5) is 1.20. The van der Waals surface area contributed by atoms with Crippen LogP contribution in [0, 0.1) is 0 Å². The molecule has 0 spiro atoms. The lowest BCUT2D eigenvalue weighted by Gasteiger charge is -1.86. The highest BCUT2D eigenvalue weighted by atomic mass is 35.5. The van der Waals surface area contributed by atoms with E-state index >= 15 is 0 Å². The number of nitrogens with zero attached hydrogens (tertiary/aromatic N) is 1. The molecule has 0 aromatic rings. The summed E-state index contributed by atoms with van der Waals surface area (Å²) in [6.07, 6.45) is 0. The molecule has 13 heavy (non-hydrogen) atoms. The van der Waals surface area contributed by atoms with Gasteiger partial charge < -0.3 is 12.4 Å². The number of aromatic nitrogens is 1. The van der Waals surface area contributed by atoms with Gasteiger partial charge in [-0.25, -0.2) is 0 Å². The van der Waals surface area contributed by atoms with E-state index in [9.17, 15) is 0 Å². The van der Waals surface area contributed by atoms with Crippen LogP contribution in [0.25, 0.3) is 10.6 Å². The van der Waals surface area contributed by atoms with Crippen LogP contribution in [0.5, 0.6) is 0 Å². The van der Waals surface area contributed by atoms with Gasteiger partial charge in [0.1, 0.15) is 0 Å². The van der Waals surface area contributed by atoms with Gasteiger partial charge in [0, 0.05) is 23.5 Å². The van der Waals surface area contributed by atoms with Crippen molar-refractivity contribution in [3.63, 3.8) is 0 Å². The fourth-order valence-electron chi connectivity index (χ4n) is 0.992. The number of hydrogen-bond donors (Lipinski definition) is 0. The van der Waals surface area contributed by atoms with E-state index < -0.39 is 0 Å². The Hall–Kier alpha value is -0.450. The van der Waals surface area contributed by atoms with Crippen LogP contribution in [0.1, 0.15) is 6.92 Å². The fraction of sp³-hybridized carbons (Fsp3) is 0.250. The van der Waals surface area contributed by atoms with Crippen LogP contribution in [0.2, 0.25) is 0 Å². The maximum absolute atomic E-state index is 5.37. The SMILES string of the molecule is CC[O+]=c1ccc2nssc-2c1.[Cl-]. The van der Waals surface area contributed by atoms with Crippen LogP contribution in [0.3, 0.4) is 0 Å². The zero-order valence-corrected chi connectivity index (χ0v) is 9.38. The molecule has 0 bridgehead atoms. The molecule has 1 aliphatic heterocycles. The van der Waals surface area contributed by atoms with Crippen molar-refractivity contribution >= 4 is 20.9 Å². The highest BCUT2D eigenvalue weighted by Crippen LogP contribution is 2.25. The predicted molar refractivity (Wildman–Crippen MR) is 53.4 cm³/mol. The zero-order chi connectivity index (χ0) is 8.39. The molecule has 1 aliphatic carbocycles. The Bertz CT molecular complexity index is 409. The molecule has 0 saturated heterocycles. The molecule has 70 valence electrons. The van der Waals surface area contributed by atoms with Crippen molar-refractivity contribution in [3.8, 4) is 10.6 Å². The maximum atomic E-state index is 5.37. The normalized spacial score (nSPS) is 11.6. The molecule has 0 aromatic heterocycles. The van der Waals surface area contributed by atoms with E-state index in [4.69, 9.17) is 4.42 Å². The van der Waals surface area contributed by atoms with Gasteiger partial charge >= 0.3 is 5.43 Å². The molecule has 0 N–H and O–H groups in total. The van der Waals surface area contributed by atoms with Crippen LogP contribution in [0.15, 0.2) is 22.6 Å². The fourth-order valence-corrected chi connectivity index (χ4v) is 2.76. The lowest BCUT2D eigenvalue weighted by Crippen LogP contribution is -3.00. The first-order chi connectivity index (χ1) is 5.90. The average Bonchev–Trinajstić information content (AvgIpc) is 2.51. The molecule has 0 saturated carbocycles. The van der Waals surface area contributed by atoms with Gasteiger partial charge in [-0.3, -0.25) is 4.42 Å². The summed E-state index contributed by atoms with van der Waals surface area (Å²) >= 11 is 0. The monoisotopic (exact) mass is 233 g/mol. The molecule has 1 heterocycles. The third-order valence-corrected chi connectivity index (χ3v) is 3.34. The minimum Gasteiger partial charge on any atom is -1.00 e. The van der Waals surface area contributed by atoms with Crippen molar-refractivity contribution in [2.45, 2.75) is 6.92 Å². The van der Waals surface area contributed by atoms with Crippen molar-refractivity contribution in [1.29, 1.82) is 0 Å². The molecule has 0 aromatic carbocycles. The van der Waals surface area contributed by atoms with Gasteiger partial charge in [-0.1, -0.05) is 10.3 Å². The van der Waals surface area contributed by atoms with Crippen molar-refractivity contribution in [3.05, 3.63) is 28.1 Å². The molecular weight excluding hydrogens is 226 g/mol. The predicted octanol–water partition coefficient (Wildman–Crippen LogP) is -0.771. The van der Waals surface area contributed by atoms with Crippen LogP contribution in [-0.4, -0.2) is 11.0 Å². The molecule has 0 radical (unpaired) electrons. The largest absolute Gasteiger partial charge is 1.00 e. The van der Waals surface area contributed by atoms with E-state index in [-0.39, 0.29) is 12.4 Å². The Morgan fingerprint density at radius 2 is 2.31 bits per heavy atom. The second-order valence-electron chi connectivity index (χ2n) is 2.31. The Kier molecular flexibility index (Phi) is 3.84. The van der Waals surface area contributed by atoms with Crippen LogP contribution in [-0.2, 0) is 0 Å². The van der Waals surface area contributed by atoms with E-state index in [2.05, 4.69) is 4.37 Å². The Labute approximate surface area is 89.9 Å². The number of hydrogen-bond acceptors (Lipinski definition) is 3. The smallest absolute Gasteiger partial charge is 0.345 e. The number of benzene rings is 1. The van der Waals surface area contributed by atoms with Gasteiger partial charge in [-0.05, 0) is 6.07 Å². The first-order valence-electron chi connectivity index (χ1n) is 3.71.